The standard InChI is InChI=1S/C14H18O2/c1-3-11-16-14(15)10-9-13-7-5-12(4-2)6-8-13/h3,5-8H,1,4,9-11H2,2H3. The van der Waals surface area contributed by atoms with E-state index in [1.165, 1.54) is 11.1 Å². The maximum atomic E-state index is 11.2. The molecule has 0 N–H and O–H groups in total. The number of rotatable bonds is 6. The molecule has 16 heavy (non-hydrogen) atoms. The highest BCUT2D eigenvalue weighted by molar-refractivity contribution is 5.69. The second-order valence-electron chi connectivity index (χ2n) is 3.64. The van der Waals surface area contributed by atoms with Gasteiger partial charge in [-0.1, -0.05) is 43.8 Å². The number of ether oxygens (including phenoxy) is 1. The van der Waals surface area contributed by atoms with Gasteiger partial charge in [0.1, 0.15) is 6.61 Å². The van der Waals surface area contributed by atoms with Gasteiger partial charge in [0, 0.05) is 6.42 Å². The summed E-state index contributed by atoms with van der Waals surface area (Å²) in [6.45, 7) is 5.92. The molecule has 2 heteroatoms. The van der Waals surface area contributed by atoms with Gasteiger partial charge in [-0.25, -0.2) is 0 Å². The van der Waals surface area contributed by atoms with E-state index >= 15 is 0 Å². The van der Waals surface area contributed by atoms with Crippen LogP contribution in [0.4, 0.5) is 0 Å². The lowest BCUT2D eigenvalue weighted by Gasteiger charge is -2.03. The molecule has 0 aliphatic heterocycles. The predicted molar refractivity (Wildman–Crippen MR) is 65.3 cm³/mol. The summed E-state index contributed by atoms with van der Waals surface area (Å²) in [5.41, 5.74) is 2.49. The molecule has 1 rings (SSSR count). The van der Waals surface area contributed by atoms with Crippen molar-refractivity contribution in [3.05, 3.63) is 48.0 Å². The van der Waals surface area contributed by atoms with E-state index in [1.54, 1.807) is 6.08 Å². The Hall–Kier alpha value is -1.57. The highest BCUT2D eigenvalue weighted by atomic mass is 16.5. The van der Waals surface area contributed by atoms with E-state index < -0.39 is 0 Å². The number of carbonyl (C=O) groups is 1. The van der Waals surface area contributed by atoms with Crippen LogP contribution < -0.4 is 0 Å². The van der Waals surface area contributed by atoms with Crippen molar-refractivity contribution < 1.29 is 9.53 Å². The molecule has 0 aliphatic rings. The van der Waals surface area contributed by atoms with Crippen LogP contribution in [0.1, 0.15) is 24.5 Å². The maximum absolute atomic E-state index is 11.2. The summed E-state index contributed by atoms with van der Waals surface area (Å²) < 4.78 is 4.90. The van der Waals surface area contributed by atoms with Crippen molar-refractivity contribution in [2.45, 2.75) is 26.2 Å². The van der Waals surface area contributed by atoms with Crippen LogP contribution >= 0.6 is 0 Å². The van der Waals surface area contributed by atoms with E-state index in [9.17, 15) is 4.79 Å². The second kappa shape index (κ2) is 6.83. The molecule has 0 amide bonds. The monoisotopic (exact) mass is 218 g/mol. The van der Waals surface area contributed by atoms with Crippen molar-refractivity contribution in [3.8, 4) is 0 Å². The topological polar surface area (TPSA) is 26.3 Å². The summed E-state index contributed by atoms with van der Waals surface area (Å²) in [7, 11) is 0. The first-order valence-electron chi connectivity index (χ1n) is 5.60. The summed E-state index contributed by atoms with van der Waals surface area (Å²) in [4.78, 5) is 11.2. The van der Waals surface area contributed by atoms with Crippen molar-refractivity contribution in [2.24, 2.45) is 0 Å². The van der Waals surface area contributed by atoms with Gasteiger partial charge in [0.15, 0.2) is 0 Å². The third-order valence-corrected chi connectivity index (χ3v) is 2.41. The van der Waals surface area contributed by atoms with Gasteiger partial charge < -0.3 is 4.74 Å². The molecule has 0 fully saturated rings. The number of hydrogen-bond acceptors (Lipinski definition) is 2. The van der Waals surface area contributed by atoms with Gasteiger partial charge in [-0.3, -0.25) is 4.79 Å². The molecule has 86 valence electrons. The molecule has 0 aliphatic carbocycles. The molecule has 0 saturated carbocycles. The molecule has 0 bridgehead atoms. The lowest BCUT2D eigenvalue weighted by Crippen LogP contribution is -2.05. The Labute approximate surface area is 96.9 Å². The van der Waals surface area contributed by atoms with Crippen LogP contribution in [0, 0.1) is 0 Å². The number of aryl methyl sites for hydroxylation is 2. The molecule has 0 unspecified atom stereocenters. The molecule has 0 saturated heterocycles. The third-order valence-electron chi connectivity index (χ3n) is 2.41. The van der Waals surface area contributed by atoms with Crippen molar-refractivity contribution in [1.29, 1.82) is 0 Å². The van der Waals surface area contributed by atoms with E-state index in [0.717, 1.165) is 12.8 Å². The minimum absolute atomic E-state index is 0.167. The number of hydrogen-bond donors (Lipinski definition) is 0. The van der Waals surface area contributed by atoms with Crippen LogP contribution in [0.5, 0.6) is 0 Å². The smallest absolute Gasteiger partial charge is 0.306 e. The Morgan fingerprint density at radius 1 is 1.31 bits per heavy atom. The SMILES string of the molecule is C=CCOC(=O)CCc1ccc(CC)cc1. The molecule has 1 aromatic carbocycles. The van der Waals surface area contributed by atoms with Gasteiger partial charge >= 0.3 is 5.97 Å². The summed E-state index contributed by atoms with van der Waals surface area (Å²) >= 11 is 0. The zero-order chi connectivity index (χ0) is 11.8. The Kier molecular flexibility index (Phi) is 5.34. The number of benzene rings is 1. The largest absolute Gasteiger partial charge is 0.461 e. The molecular weight excluding hydrogens is 200 g/mol. The van der Waals surface area contributed by atoms with Crippen molar-refractivity contribution in [2.75, 3.05) is 6.61 Å². The lowest BCUT2D eigenvalue weighted by molar-refractivity contribution is -0.142. The molecule has 0 atom stereocenters. The zero-order valence-electron chi connectivity index (χ0n) is 9.74. The first kappa shape index (κ1) is 12.5. The van der Waals surface area contributed by atoms with Crippen molar-refractivity contribution in [1.82, 2.24) is 0 Å². The summed E-state index contributed by atoms with van der Waals surface area (Å²) in [6.07, 6.45) is 3.79. The van der Waals surface area contributed by atoms with Crippen LogP contribution in [-0.4, -0.2) is 12.6 Å². The Morgan fingerprint density at radius 2 is 1.94 bits per heavy atom. The van der Waals surface area contributed by atoms with Gasteiger partial charge in [0.05, 0.1) is 0 Å². The van der Waals surface area contributed by atoms with E-state index in [1.807, 2.05) is 0 Å². The number of carbonyl (C=O) groups excluding carboxylic acids is 1. The van der Waals surface area contributed by atoms with Gasteiger partial charge in [0.25, 0.3) is 0 Å². The van der Waals surface area contributed by atoms with Crippen LogP contribution in [0.15, 0.2) is 36.9 Å². The van der Waals surface area contributed by atoms with E-state index in [4.69, 9.17) is 4.74 Å². The minimum atomic E-state index is -0.167. The summed E-state index contributed by atoms with van der Waals surface area (Å²) in [6, 6.07) is 8.34. The van der Waals surface area contributed by atoms with Gasteiger partial charge in [0.2, 0.25) is 0 Å². The van der Waals surface area contributed by atoms with Crippen LogP contribution in [-0.2, 0) is 22.4 Å². The fourth-order valence-corrected chi connectivity index (χ4v) is 1.41. The van der Waals surface area contributed by atoms with E-state index in [0.29, 0.717) is 13.0 Å². The highest BCUT2D eigenvalue weighted by Crippen LogP contribution is 2.07. The fraction of sp³-hybridized carbons (Fsp3) is 0.357. The molecule has 0 spiro atoms. The molecule has 1 aromatic rings. The Morgan fingerprint density at radius 3 is 2.50 bits per heavy atom. The van der Waals surface area contributed by atoms with Crippen molar-refractivity contribution >= 4 is 5.97 Å². The normalized spacial score (nSPS) is 9.81. The Balaban J connectivity index is 2.36. The van der Waals surface area contributed by atoms with Gasteiger partial charge in [-0.2, -0.15) is 0 Å². The van der Waals surface area contributed by atoms with Crippen molar-refractivity contribution in [3.63, 3.8) is 0 Å². The molecule has 2 nitrogen and oxygen atoms in total. The third kappa shape index (κ3) is 4.30. The molecule has 0 heterocycles. The average molecular weight is 218 g/mol. The molecule has 0 aromatic heterocycles. The quantitative estimate of drug-likeness (QED) is 0.542. The fourth-order valence-electron chi connectivity index (χ4n) is 1.41. The summed E-state index contributed by atoms with van der Waals surface area (Å²) in [5, 5.41) is 0. The predicted octanol–water partition coefficient (Wildman–Crippen LogP) is 2.91. The van der Waals surface area contributed by atoms with E-state index in [-0.39, 0.29) is 5.97 Å². The zero-order valence-corrected chi connectivity index (χ0v) is 9.74. The van der Waals surface area contributed by atoms with Crippen LogP contribution in [0.2, 0.25) is 0 Å². The molecule has 0 radical (unpaired) electrons. The minimum Gasteiger partial charge on any atom is -0.461 e. The highest BCUT2D eigenvalue weighted by Gasteiger charge is 2.02. The number of esters is 1. The van der Waals surface area contributed by atoms with Gasteiger partial charge in [-0.15, -0.1) is 0 Å². The van der Waals surface area contributed by atoms with Gasteiger partial charge in [-0.05, 0) is 24.0 Å². The first-order valence-corrected chi connectivity index (χ1v) is 5.60. The lowest BCUT2D eigenvalue weighted by atomic mass is 10.1. The molecular formula is C14H18O2. The summed E-state index contributed by atoms with van der Waals surface area (Å²) in [5.74, 6) is -0.167. The first-order chi connectivity index (χ1) is 7.76. The van der Waals surface area contributed by atoms with E-state index in [2.05, 4.69) is 37.8 Å². The maximum Gasteiger partial charge on any atom is 0.306 e. The average Bonchev–Trinajstić information content (AvgIpc) is 2.34. The van der Waals surface area contributed by atoms with Crippen LogP contribution in [0.3, 0.4) is 0 Å². The van der Waals surface area contributed by atoms with Crippen LogP contribution in [0.25, 0.3) is 0 Å². The second-order valence-corrected chi connectivity index (χ2v) is 3.64. The Bertz CT molecular complexity index is 338.